The first-order valence-electron chi connectivity index (χ1n) is 7.45. The zero-order valence-corrected chi connectivity index (χ0v) is 13.8. The maximum atomic E-state index is 13.1. The molecule has 0 fully saturated rings. The van der Waals surface area contributed by atoms with Crippen molar-refractivity contribution in [2.24, 2.45) is 0 Å². The lowest BCUT2D eigenvalue weighted by Crippen LogP contribution is -2.44. The van der Waals surface area contributed by atoms with Crippen LogP contribution in [0.15, 0.2) is 20.3 Å². The lowest BCUT2D eigenvalue weighted by molar-refractivity contribution is -0.139. The van der Waals surface area contributed by atoms with Gasteiger partial charge >= 0.3 is 11.9 Å². The molecule has 0 N–H and O–H groups in total. The van der Waals surface area contributed by atoms with E-state index in [9.17, 15) is 22.8 Å². The van der Waals surface area contributed by atoms with Gasteiger partial charge in [0.15, 0.2) is 0 Å². The maximum absolute atomic E-state index is 13.1. The van der Waals surface area contributed by atoms with Crippen LogP contribution in [0, 0.1) is 6.92 Å². The van der Waals surface area contributed by atoms with Gasteiger partial charge in [-0.1, -0.05) is 12.1 Å². The smallest absolute Gasteiger partial charge is 0.361 e. The standard InChI is InChI=1S/C15H18F3N3O3/c1-5-12-10(9(4)19-24-12)6-21-13(22)11(15(16,17)18)7-20(8(2)3)14(21)23/h7-8H,5-6H2,1-4H3. The van der Waals surface area contributed by atoms with Gasteiger partial charge in [-0.05, 0) is 20.8 Å². The third-order valence-corrected chi connectivity index (χ3v) is 3.76. The van der Waals surface area contributed by atoms with E-state index in [1.807, 2.05) is 0 Å². The summed E-state index contributed by atoms with van der Waals surface area (Å²) < 4.78 is 46.0. The minimum Gasteiger partial charge on any atom is -0.361 e. The highest BCUT2D eigenvalue weighted by Gasteiger charge is 2.36. The third-order valence-electron chi connectivity index (χ3n) is 3.76. The molecule has 0 atom stereocenters. The Labute approximate surface area is 135 Å². The molecule has 0 saturated carbocycles. The zero-order valence-electron chi connectivity index (χ0n) is 13.8. The molecule has 2 aromatic heterocycles. The van der Waals surface area contributed by atoms with Gasteiger partial charge in [0.1, 0.15) is 11.3 Å². The molecule has 24 heavy (non-hydrogen) atoms. The van der Waals surface area contributed by atoms with Crippen molar-refractivity contribution >= 4 is 0 Å². The van der Waals surface area contributed by atoms with E-state index >= 15 is 0 Å². The van der Waals surface area contributed by atoms with Crippen molar-refractivity contribution in [3.63, 3.8) is 0 Å². The topological polar surface area (TPSA) is 70.0 Å². The zero-order chi connectivity index (χ0) is 18.2. The van der Waals surface area contributed by atoms with E-state index in [1.54, 1.807) is 27.7 Å². The van der Waals surface area contributed by atoms with Crippen LogP contribution in [0.2, 0.25) is 0 Å². The summed E-state index contributed by atoms with van der Waals surface area (Å²) in [7, 11) is 0. The Bertz CT molecular complexity index is 860. The number of alkyl halides is 3. The Morgan fingerprint density at radius 1 is 1.29 bits per heavy atom. The van der Waals surface area contributed by atoms with Crippen LogP contribution >= 0.6 is 0 Å². The molecular formula is C15H18F3N3O3. The van der Waals surface area contributed by atoms with Gasteiger partial charge < -0.3 is 4.52 Å². The fraction of sp³-hybridized carbons (Fsp3) is 0.533. The molecule has 0 aliphatic rings. The van der Waals surface area contributed by atoms with Crippen molar-refractivity contribution in [1.29, 1.82) is 0 Å². The van der Waals surface area contributed by atoms with E-state index < -0.39 is 29.0 Å². The third kappa shape index (κ3) is 3.15. The lowest BCUT2D eigenvalue weighted by Gasteiger charge is -2.16. The molecule has 0 aromatic carbocycles. The van der Waals surface area contributed by atoms with Crippen LogP contribution in [0.4, 0.5) is 13.2 Å². The normalized spacial score (nSPS) is 12.2. The second-order valence-corrected chi connectivity index (χ2v) is 5.74. The average Bonchev–Trinajstić information content (AvgIpc) is 2.82. The Morgan fingerprint density at radius 2 is 1.92 bits per heavy atom. The summed E-state index contributed by atoms with van der Waals surface area (Å²) in [4.78, 5) is 24.7. The molecule has 0 bridgehead atoms. The molecule has 2 heterocycles. The van der Waals surface area contributed by atoms with Crippen molar-refractivity contribution in [2.45, 2.75) is 52.9 Å². The van der Waals surface area contributed by atoms with Gasteiger partial charge in [-0.25, -0.2) is 4.79 Å². The Balaban J connectivity index is 2.73. The molecule has 6 nitrogen and oxygen atoms in total. The summed E-state index contributed by atoms with van der Waals surface area (Å²) in [5.41, 5.74) is -2.65. The number of halogens is 3. The summed E-state index contributed by atoms with van der Waals surface area (Å²) >= 11 is 0. The van der Waals surface area contributed by atoms with Crippen molar-refractivity contribution in [2.75, 3.05) is 0 Å². The largest absolute Gasteiger partial charge is 0.423 e. The highest BCUT2D eigenvalue weighted by atomic mass is 19.4. The number of aryl methyl sites for hydroxylation is 2. The van der Waals surface area contributed by atoms with E-state index in [0.717, 1.165) is 4.57 Å². The SMILES string of the molecule is CCc1onc(C)c1Cn1c(=O)c(C(F)(F)F)cn(C(C)C)c1=O. The van der Waals surface area contributed by atoms with E-state index in [1.165, 1.54) is 0 Å². The predicted molar refractivity (Wildman–Crippen MR) is 80.1 cm³/mol. The van der Waals surface area contributed by atoms with Gasteiger partial charge in [0.05, 0.1) is 12.2 Å². The molecule has 0 saturated heterocycles. The number of hydrogen-bond acceptors (Lipinski definition) is 4. The van der Waals surface area contributed by atoms with Gasteiger partial charge in [0, 0.05) is 24.2 Å². The van der Waals surface area contributed by atoms with Gasteiger partial charge in [-0.3, -0.25) is 13.9 Å². The number of aromatic nitrogens is 3. The molecule has 2 rings (SSSR count). The number of hydrogen-bond donors (Lipinski definition) is 0. The highest BCUT2D eigenvalue weighted by Crippen LogP contribution is 2.26. The van der Waals surface area contributed by atoms with Crippen LogP contribution in [-0.2, 0) is 19.1 Å². The van der Waals surface area contributed by atoms with Crippen molar-refractivity contribution in [1.82, 2.24) is 14.3 Å². The van der Waals surface area contributed by atoms with Gasteiger partial charge in [0.25, 0.3) is 5.56 Å². The Kier molecular flexibility index (Phi) is 4.73. The predicted octanol–water partition coefficient (Wildman–Crippen LogP) is 2.52. The maximum Gasteiger partial charge on any atom is 0.423 e. The van der Waals surface area contributed by atoms with E-state index in [-0.39, 0.29) is 6.54 Å². The fourth-order valence-corrected chi connectivity index (χ4v) is 2.40. The number of rotatable bonds is 4. The molecule has 0 amide bonds. The minimum absolute atomic E-state index is 0.313. The van der Waals surface area contributed by atoms with Crippen LogP contribution in [0.5, 0.6) is 0 Å². The molecule has 0 aliphatic heterocycles. The highest BCUT2D eigenvalue weighted by molar-refractivity contribution is 5.23. The first-order chi connectivity index (χ1) is 11.1. The van der Waals surface area contributed by atoms with Crippen molar-refractivity contribution in [3.05, 3.63) is 49.6 Å². The molecule has 0 aliphatic carbocycles. The van der Waals surface area contributed by atoms with E-state index in [4.69, 9.17) is 4.52 Å². The summed E-state index contributed by atoms with van der Waals surface area (Å²) in [5, 5.41) is 3.75. The summed E-state index contributed by atoms with van der Waals surface area (Å²) in [5.74, 6) is 0.437. The summed E-state index contributed by atoms with van der Waals surface area (Å²) in [6.07, 6.45) is -3.82. The monoisotopic (exact) mass is 345 g/mol. The second kappa shape index (κ2) is 6.29. The fourth-order valence-electron chi connectivity index (χ4n) is 2.40. The van der Waals surface area contributed by atoms with Crippen LogP contribution in [0.3, 0.4) is 0 Å². The Hall–Kier alpha value is -2.32. The van der Waals surface area contributed by atoms with E-state index in [0.29, 0.717) is 34.2 Å². The summed E-state index contributed by atoms with van der Waals surface area (Å²) in [6, 6.07) is -0.528. The molecule has 2 aromatic rings. The van der Waals surface area contributed by atoms with Crippen LogP contribution in [0.25, 0.3) is 0 Å². The minimum atomic E-state index is -4.85. The molecule has 0 radical (unpaired) electrons. The number of nitrogens with zero attached hydrogens (tertiary/aromatic N) is 3. The quantitative estimate of drug-likeness (QED) is 0.854. The van der Waals surface area contributed by atoms with Gasteiger partial charge in [-0.2, -0.15) is 13.2 Å². The first kappa shape index (κ1) is 18.0. The van der Waals surface area contributed by atoms with Crippen molar-refractivity contribution in [3.8, 4) is 0 Å². The van der Waals surface area contributed by atoms with Crippen LogP contribution in [0.1, 0.15) is 49.4 Å². The first-order valence-corrected chi connectivity index (χ1v) is 7.45. The molecule has 0 unspecified atom stereocenters. The van der Waals surface area contributed by atoms with E-state index in [2.05, 4.69) is 5.16 Å². The van der Waals surface area contributed by atoms with Gasteiger partial charge in [-0.15, -0.1) is 0 Å². The Morgan fingerprint density at radius 3 is 2.42 bits per heavy atom. The van der Waals surface area contributed by atoms with Crippen LogP contribution < -0.4 is 11.2 Å². The van der Waals surface area contributed by atoms with Gasteiger partial charge in [0.2, 0.25) is 0 Å². The molecule has 9 heteroatoms. The lowest BCUT2D eigenvalue weighted by atomic mass is 10.1. The second-order valence-electron chi connectivity index (χ2n) is 5.74. The summed E-state index contributed by atoms with van der Waals surface area (Å²) in [6.45, 7) is 6.21. The average molecular weight is 345 g/mol. The molecular weight excluding hydrogens is 327 g/mol. The van der Waals surface area contributed by atoms with Crippen LogP contribution in [-0.4, -0.2) is 14.3 Å². The molecule has 132 valence electrons. The van der Waals surface area contributed by atoms with Crippen molar-refractivity contribution < 1.29 is 17.7 Å². The molecule has 0 spiro atoms.